The van der Waals surface area contributed by atoms with Crippen molar-refractivity contribution in [3.8, 4) is 17.2 Å². The zero-order valence-corrected chi connectivity index (χ0v) is 17.2. The van der Waals surface area contributed by atoms with Crippen molar-refractivity contribution in [1.82, 2.24) is 9.80 Å². The first kappa shape index (κ1) is 20.4. The second-order valence-electron chi connectivity index (χ2n) is 7.51. The van der Waals surface area contributed by atoms with Crippen molar-refractivity contribution >= 4 is 11.6 Å². The number of methoxy groups -OCH3 is 1. The highest BCUT2D eigenvalue weighted by Gasteiger charge is 2.26. The number of carbonyl (C=O) groups excluding carboxylic acids is 1. The Kier molecular flexibility index (Phi) is 6.06. The molecule has 0 aromatic heterocycles. The SMILES string of the molecule is COc1ccc(CN2CCN([C@@H](C)C(=O)Nc3ccc4c(c3)OCO4)CC2)cc1F. The molecule has 1 amide bonds. The van der Waals surface area contributed by atoms with Crippen LogP contribution in [0.1, 0.15) is 12.5 Å². The van der Waals surface area contributed by atoms with Gasteiger partial charge in [-0.15, -0.1) is 0 Å². The fourth-order valence-corrected chi connectivity index (χ4v) is 3.76. The van der Waals surface area contributed by atoms with Gasteiger partial charge >= 0.3 is 0 Å². The number of benzene rings is 2. The molecule has 30 heavy (non-hydrogen) atoms. The van der Waals surface area contributed by atoms with Crippen molar-refractivity contribution in [2.75, 3.05) is 45.4 Å². The Bertz CT molecular complexity index is 915. The minimum Gasteiger partial charge on any atom is -0.494 e. The lowest BCUT2D eigenvalue weighted by molar-refractivity contribution is -0.121. The van der Waals surface area contributed by atoms with Gasteiger partial charge in [0.05, 0.1) is 13.2 Å². The maximum Gasteiger partial charge on any atom is 0.241 e. The Labute approximate surface area is 175 Å². The normalized spacial score (nSPS) is 17.6. The van der Waals surface area contributed by atoms with E-state index in [0.717, 1.165) is 31.7 Å². The van der Waals surface area contributed by atoms with E-state index in [9.17, 15) is 9.18 Å². The summed E-state index contributed by atoms with van der Waals surface area (Å²) >= 11 is 0. The van der Waals surface area contributed by atoms with Crippen LogP contribution in [-0.2, 0) is 11.3 Å². The lowest BCUT2D eigenvalue weighted by atomic mass is 10.1. The molecule has 7 nitrogen and oxygen atoms in total. The standard InChI is InChI=1S/C22H26FN3O4/c1-15(22(27)24-17-4-6-20-21(12-17)30-14-29-20)26-9-7-25(8-10-26)13-16-3-5-19(28-2)18(23)11-16/h3-6,11-12,15H,7-10,13-14H2,1-2H3,(H,24,27)/t15-/m0/s1. The van der Waals surface area contributed by atoms with Gasteiger partial charge in [0.1, 0.15) is 0 Å². The van der Waals surface area contributed by atoms with Crippen molar-refractivity contribution in [3.63, 3.8) is 0 Å². The first-order valence-electron chi connectivity index (χ1n) is 10.0. The Balaban J connectivity index is 1.28. The van der Waals surface area contributed by atoms with Crippen molar-refractivity contribution < 1.29 is 23.4 Å². The quantitative estimate of drug-likeness (QED) is 0.783. The van der Waals surface area contributed by atoms with Crippen LogP contribution in [0, 0.1) is 5.82 Å². The second kappa shape index (κ2) is 8.89. The molecule has 0 bridgehead atoms. The number of hydrogen-bond donors (Lipinski definition) is 1. The number of halogens is 1. The summed E-state index contributed by atoms with van der Waals surface area (Å²) in [4.78, 5) is 17.1. The van der Waals surface area contributed by atoms with Crippen LogP contribution < -0.4 is 19.5 Å². The number of amides is 1. The van der Waals surface area contributed by atoms with Crippen molar-refractivity contribution in [2.24, 2.45) is 0 Å². The molecule has 0 unspecified atom stereocenters. The zero-order valence-electron chi connectivity index (χ0n) is 17.2. The average molecular weight is 415 g/mol. The van der Waals surface area contributed by atoms with Crippen LogP contribution in [-0.4, -0.2) is 61.8 Å². The van der Waals surface area contributed by atoms with E-state index in [4.69, 9.17) is 14.2 Å². The summed E-state index contributed by atoms with van der Waals surface area (Å²) in [5.41, 5.74) is 1.60. The number of nitrogens with one attached hydrogen (secondary N) is 1. The summed E-state index contributed by atoms with van der Waals surface area (Å²) in [5.74, 6) is 1.19. The number of ether oxygens (including phenoxy) is 3. The van der Waals surface area contributed by atoms with Crippen molar-refractivity contribution in [3.05, 3.63) is 47.8 Å². The third-order valence-electron chi connectivity index (χ3n) is 5.60. The van der Waals surface area contributed by atoms with Crippen molar-refractivity contribution in [1.29, 1.82) is 0 Å². The minimum atomic E-state index is -0.345. The maximum atomic E-state index is 13.9. The smallest absolute Gasteiger partial charge is 0.241 e. The third-order valence-corrected chi connectivity index (χ3v) is 5.60. The van der Waals surface area contributed by atoms with Gasteiger partial charge in [0.25, 0.3) is 0 Å². The molecule has 2 aliphatic rings. The van der Waals surface area contributed by atoms with Gasteiger partial charge in [-0.1, -0.05) is 6.07 Å². The molecule has 2 aromatic rings. The molecule has 2 aromatic carbocycles. The molecule has 4 rings (SSSR count). The van der Waals surface area contributed by atoms with Gasteiger partial charge in [-0.2, -0.15) is 0 Å². The number of piperazine rings is 1. The fraction of sp³-hybridized carbons (Fsp3) is 0.409. The third kappa shape index (κ3) is 4.49. The first-order valence-corrected chi connectivity index (χ1v) is 10.0. The van der Waals surface area contributed by atoms with Gasteiger partial charge in [-0.05, 0) is 36.8 Å². The Hall–Kier alpha value is -2.84. The van der Waals surface area contributed by atoms with Crippen LogP contribution in [0.15, 0.2) is 36.4 Å². The van der Waals surface area contributed by atoms with E-state index in [0.29, 0.717) is 23.7 Å². The molecule has 1 N–H and O–H groups in total. The van der Waals surface area contributed by atoms with Crippen LogP contribution in [0.2, 0.25) is 0 Å². The summed E-state index contributed by atoms with van der Waals surface area (Å²) in [7, 11) is 1.46. The molecular weight excluding hydrogens is 389 g/mol. The maximum absolute atomic E-state index is 13.9. The number of fused-ring (bicyclic) bond motifs is 1. The van der Waals surface area contributed by atoms with E-state index in [2.05, 4.69) is 15.1 Å². The van der Waals surface area contributed by atoms with E-state index in [1.807, 2.05) is 19.1 Å². The lowest BCUT2D eigenvalue weighted by Gasteiger charge is -2.37. The first-order chi connectivity index (χ1) is 14.5. The van der Waals surface area contributed by atoms with E-state index < -0.39 is 0 Å². The van der Waals surface area contributed by atoms with Gasteiger partial charge in [0, 0.05) is 44.5 Å². The van der Waals surface area contributed by atoms with E-state index in [1.165, 1.54) is 13.2 Å². The monoisotopic (exact) mass is 415 g/mol. The molecule has 1 fully saturated rings. The van der Waals surface area contributed by atoms with Crippen LogP contribution in [0.4, 0.5) is 10.1 Å². The summed E-state index contributed by atoms with van der Waals surface area (Å²) in [6.45, 7) is 5.97. The lowest BCUT2D eigenvalue weighted by Crippen LogP contribution is -2.52. The van der Waals surface area contributed by atoms with Gasteiger partial charge in [0.15, 0.2) is 23.1 Å². The van der Waals surface area contributed by atoms with Gasteiger partial charge < -0.3 is 19.5 Å². The molecule has 2 heterocycles. The molecule has 0 spiro atoms. The molecule has 160 valence electrons. The molecule has 2 aliphatic heterocycles. The second-order valence-corrected chi connectivity index (χ2v) is 7.51. The van der Waals surface area contributed by atoms with Crippen LogP contribution in [0.5, 0.6) is 17.2 Å². The molecule has 1 saturated heterocycles. The van der Waals surface area contributed by atoms with Crippen LogP contribution >= 0.6 is 0 Å². The van der Waals surface area contributed by atoms with Gasteiger partial charge in [-0.3, -0.25) is 14.6 Å². The van der Waals surface area contributed by atoms with Crippen LogP contribution in [0.25, 0.3) is 0 Å². The van der Waals surface area contributed by atoms with E-state index >= 15 is 0 Å². The Morgan fingerprint density at radius 3 is 2.63 bits per heavy atom. The van der Waals surface area contributed by atoms with Gasteiger partial charge in [-0.25, -0.2) is 4.39 Å². The largest absolute Gasteiger partial charge is 0.494 e. The zero-order chi connectivity index (χ0) is 21.1. The summed E-state index contributed by atoms with van der Waals surface area (Å²) < 4.78 is 29.5. The fourth-order valence-electron chi connectivity index (χ4n) is 3.76. The predicted octanol–water partition coefficient (Wildman–Crippen LogP) is 2.71. The number of carbonyl (C=O) groups is 1. The van der Waals surface area contributed by atoms with E-state index in [-0.39, 0.29) is 30.3 Å². The molecule has 1 atom stereocenters. The number of rotatable bonds is 6. The molecule has 0 saturated carbocycles. The summed E-state index contributed by atoms with van der Waals surface area (Å²) in [6.07, 6.45) is 0. The summed E-state index contributed by atoms with van der Waals surface area (Å²) in [5, 5.41) is 2.95. The molecular formula is C22H26FN3O4. The van der Waals surface area contributed by atoms with Gasteiger partial charge in [0.2, 0.25) is 12.7 Å². The number of nitrogens with zero attached hydrogens (tertiary/aromatic N) is 2. The Morgan fingerprint density at radius 1 is 1.13 bits per heavy atom. The number of anilines is 1. The highest BCUT2D eigenvalue weighted by atomic mass is 19.1. The van der Waals surface area contributed by atoms with E-state index in [1.54, 1.807) is 18.2 Å². The Morgan fingerprint density at radius 2 is 1.90 bits per heavy atom. The predicted molar refractivity (Wildman–Crippen MR) is 110 cm³/mol. The highest BCUT2D eigenvalue weighted by Crippen LogP contribution is 2.34. The van der Waals surface area contributed by atoms with Crippen molar-refractivity contribution in [2.45, 2.75) is 19.5 Å². The van der Waals surface area contributed by atoms with Crippen LogP contribution in [0.3, 0.4) is 0 Å². The topological polar surface area (TPSA) is 63.3 Å². The summed E-state index contributed by atoms with van der Waals surface area (Å²) in [6, 6.07) is 10.2. The minimum absolute atomic E-state index is 0.0560. The average Bonchev–Trinajstić information content (AvgIpc) is 3.22. The number of hydrogen-bond acceptors (Lipinski definition) is 6. The molecule has 8 heteroatoms. The molecule has 0 aliphatic carbocycles. The highest BCUT2D eigenvalue weighted by molar-refractivity contribution is 5.94. The molecule has 0 radical (unpaired) electrons.